The summed E-state index contributed by atoms with van der Waals surface area (Å²) in [5.74, 6) is -0.215. The molecule has 1 aromatic heterocycles. The van der Waals surface area contributed by atoms with Crippen molar-refractivity contribution in [2.24, 2.45) is 0 Å². The number of pyridine rings is 1. The van der Waals surface area contributed by atoms with E-state index in [9.17, 15) is 4.79 Å². The SMILES string of the molecule is Cc1cc(C)cc(N(C)c2ccc(C(=O)O)c(C)n2)c1. The Kier molecular flexibility index (Phi) is 3.74. The highest BCUT2D eigenvalue weighted by Gasteiger charge is 2.12. The molecular formula is C16H18N2O2. The van der Waals surface area contributed by atoms with Gasteiger partial charge in [0.25, 0.3) is 0 Å². The van der Waals surface area contributed by atoms with Crippen LogP contribution >= 0.6 is 0 Å². The number of anilines is 2. The molecule has 4 heteroatoms. The molecule has 4 nitrogen and oxygen atoms in total. The molecule has 1 aromatic carbocycles. The van der Waals surface area contributed by atoms with Crippen molar-refractivity contribution in [3.63, 3.8) is 0 Å². The molecule has 0 unspecified atom stereocenters. The van der Waals surface area contributed by atoms with E-state index in [0.29, 0.717) is 5.69 Å². The number of benzene rings is 1. The first-order valence-electron chi connectivity index (χ1n) is 6.41. The van der Waals surface area contributed by atoms with E-state index in [1.54, 1.807) is 19.1 Å². The fraction of sp³-hybridized carbons (Fsp3) is 0.250. The fourth-order valence-electron chi connectivity index (χ4n) is 2.24. The lowest BCUT2D eigenvalue weighted by atomic mass is 10.1. The Morgan fingerprint density at radius 3 is 2.20 bits per heavy atom. The van der Waals surface area contributed by atoms with E-state index in [0.717, 1.165) is 11.5 Å². The van der Waals surface area contributed by atoms with Crippen molar-refractivity contribution >= 4 is 17.5 Å². The first-order chi connectivity index (χ1) is 9.38. The third-order valence-corrected chi connectivity index (χ3v) is 3.24. The number of aromatic carboxylic acids is 1. The van der Waals surface area contributed by atoms with E-state index >= 15 is 0 Å². The Labute approximate surface area is 118 Å². The van der Waals surface area contributed by atoms with Crippen LogP contribution in [0.4, 0.5) is 11.5 Å². The molecular weight excluding hydrogens is 252 g/mol. The number of carboxylic acid groups (broad SMARTS) is 1. The minimum atomic E-state index is -0.949. The maximum Gasteiger partial charge on any atom is 0.337 e. The van der Waals surface area contributed by atoms with Crippen LogP contribution in [0.2, 0.25) is 0 Å². The monoisotopic (exact) mass is 270 g/mol. The third kappa shape index (κ3) is 2.79. The largest absolute Gasteiger partial charge is 0.478 e. The van der Waals surface area contributed by atoms with Gasteiger partial charge < -0.3 is 10.0 Å². The number of aryl methyl sites for hydroxylation is 3. The van der Waals surface area contributed by atoms with Gasteiger partial charge in [0.15, 0.2) is 0 Å². The van der Waals surface area contributed by atoms with Crippen molar-refractivity contribution in [3.8, 4) is 0 Å². The van der Waals surface area contributed by atoms with Crippen molar-refractivity contribution in [1.82, 2.24) is 4.98 Å². The van der Waals surface area contributed by atoms with Gasteiger partial charge in [0, 0.05) is 12.7 Å². The lowest BCUT2D eigenvalue weighted by molar-refractivity contribution is 0.0695. The van der Waals surface area contributed by atoms with Crippen molar-refractivity contribution in [3.05, 3.63) is 52.7 Å². The normalized spacial score (nSPS) is 10.4. The fourth-order valence-corrected chi connectivity index (χ4v) is 2.24. The lowest BCUT2D eigenvalue weighted by Gasteiger charge is -2.20. The van der Waals surface area contributed by atoms with Gasteiger partial charge in [-0.25, -0.2) is 9.78 Å². The van der Waals surface area contributed by atoms with Crippen LogP contribution in [0, 0.1) is 20.8 Å². The standard InChI is InChI=1S/C16H18N2O2/c1-10-7-11(2)9-13(8-10)18(4)15-6-5-14(16(19)20)12(3)17-15/h5-9H,1-4H3,(H,19,20). The number of hydrogen-bond donors (Lipinski definition) is 1. The quantitative estimate of drug-likeness (QED) is 0.927. The van der Waals surface area contributed by atoms with Gasteiger partial charge in [-0.1, -0.05) is 6.07 Å². The highest BCUT2D eigenvalue weighted by molar-refractivity contribution is 5.89. The minimum absolute atomic E-state index is 0.238. The van der Waals surface area contributed by atoms with E-state index in [-0.39, 0.29) is 5.56 Å². The molecule has 0 aliphatic carbocycles. The first-order valence-corrected chi connectivity index (χ1v) is 6.41. The predicted octanol–water partition coefficient (Wildman–Crippen LogP) is 3.47. The Bertz CT molecular complexity index is 645. The van der Waals surface area contributed by atoms with Gasteiger partial charge in [-0.3, -0.25) is 0 Å². The second-order valence-electron chi connectivity index (χ2n) is 5.01. The molecule has 0 atom stereocenters. The zero-order chi connectivity index (χ0) is 14.9. The number of carbonyl (C=O) groups is 1. The van der Waals surface area contributed by atoms with Gasteiger partial charge in [-0.2, -0.15) is 0 Å². The van der Waals surface area contributed by atoms with Gasteiger partial charge in [0.05, 0.1) is 11.3 Å². The van der Waals surface area contributed by atoms with Crippen LogP contribution in [-0.4, -0.2) is 23.1 Å². The summed E-state index contributed by atoms with van der Waals surface area (Å²) in [4.78, 5) is 17.3. The van der Waals surface area contributed by atoms with Gasteiger partial charge in [0.1, 0.15) is 5.82 Å². The van der Waals surface area contributed by atoms with E-state index in [1.165, 1.54) is 11.1 Å². The molecule has 20 heavy (non-hydrogen) atoms. The molecule has 1 N–H and O–H groups in total. The van der Waals surface area contributed by atoms with E-state index in [1.807, 2.05) is 11.9 Å². The van der Waals surface area contributed by atoms with Crippen LogP contribution in [0.1, 0.15) is 27.2 Å². The summed E-state index contributed by atoms with van der Waals surface area (Å²) in [7, 11) is 1.93. The topological polar surface area (TPSA) is 53.4 Å². The molecule has 2 rings (SSSR count). The smallest absolute Gasteiger partial charge is 0.337 e. The van der Waals surface area contributed by atoms with E-state index in [4.69, 9.17) is 5.11 Å². The number of aromatic nitrogens is 1. The molecule has 0 aliphatic rings. The Balaban J connectivity index is 2.40. The zero-order valence-corrected chi connectivity index (χ0v) is 12.1. The van der Waals surface area contributed by atoms with Gasteiger partial charge in [-0.15, -0.1) is 0 Å². The summed E-state index contributed by atoms with van der Waals surface area (Å²) in [5, 5.41) is 9.03. The highest BCUT2D eigenvalue weighted by Crippen LogP contribution is 2.25. The van der Waals surface area contributed by atoms with E-state index < -0.39 is 5.97 Å². The van der Waals surface area contributed by atoms with Crippen LogP contribution in [0.5, 0.6) is 0 Å². The molecule has 0 fully saturated rings. The average molecular weight is 270 g/mol. The molecule has 1 heterocycles. The van der Waals surface area contributed by atoms with Crippen LogP contribution in [0.15, 0.2) is 30.3 Å². The average Bonchev–Trinajstić information content (AvgIpc) is 2.36. The number of carboxylic acids is 1. The van der Waals surface area contributed by atoms with Gasteiger partial charge in [-0.05, 0) is 56.2 Å². The lowest BCUT2D eigenvalue weighted by Crippen LogP contribution is -2.13. The molecule has 0 saturated carbocycles. The molecule has 0 amide bonds. The predicted molar refractivity (Wildman–Crippen MR) is 79.9 cm³/mol. The van der Waals surface area contributed by atoms with Gasteiger partial charge in [0.2, 0.25) is 0 Å². The van der Waals surface area contributed by atoms with Crippen LogP contribution in [0.25, 0.3) is 0 Å². The van der Waals surface area contributed by atoms with Crippen molar-refractivity contribution in [2.45, 2.75) is 20.8 Å². The number of hydrogen-bond acceptors (Lipinski definition) is 3. The molecule has 0 bridgehead atoms. The Morgan fingerprint density at radius 2 is 1.70 bits per heavy atom. The third-order valence-electron chi connectivity index (χ3n) is 3.24. The van der Waals surface area contributed by atoms with Gasteiger partial charge >= 0.3 is 5.97 Å². The first kappa shape index (κ1) is 14.1. The summed E-state index contributed by atoms with van der Waals surface area (Å²) in [5.41, 5.74) is 4.17. The number of nitrogens with zero attached hydrogens (tertiary/aromatic N) is 2. The van der Waals surface area contributed by atoms with Crippen LogP contribution < -0.4 is 4.90 Å². The summed E-state index contributed by atoms with van der Waals surface area (Å²) in [6.45, 7) is 5.81. The molecule has 104 valence electrons. The highest BCUT2D eigenvalue weighted by atomic mass is 16.4. The molecule has 0 spiro atoms. The summed E-state index contributed by atoms with van der Waals surface area (Å²) in [6.07, 6.45) is 0. The molecule has 0 aliphatic heterocycles. The van der Waals surface area contributed by atoms with Crippen LogP contribution in [-0.2, 0) is 0 Å². The van der Waals surface area contributed by atoms with Crippen molar-refractivity contribution in [2.75, 3.05) is 11.9 Å². The summed E-state index contributed by atoms with van der Waals surface area (Å²) < 4.78 is 0. The Morgan fingerprint density at radius 1 is 1.10 bits per heavy atom. The summed E-state index contributed by atoms with van der Waals surface area (Å²) in [6, 6.07) is 9.60. The zero-order valence-electron chi connectivity index (χ0n) is 12.1. The summed E-state index contributed by atoms with van der Waals surface area (Å²) >= 11 is 0. The van der Waals surface area contributed by atoms with Crippen LogP contribution in [0.3, 0.4) is 0 Å². The van der Waals surface area contributed by atoms with Crippen molar-refractivity contribution in [1.29, 1.82) is 0 Å². The second-order valence-corrected chi connectivity index (χ2v) is 5.01. The molecule has 0 saturated heterocycles. The molecule has 2 aromatic rings. The Hall–Kier alpha value is -2.36. The molecule has 0 radical (unpaired) electrons. The van der Waals surface area contributed by atoms with Crippen molar-refractivity contribution < 1.29 is 9.90 Å². The minimum Gasteiger partial charge on any atom is -0.478 e. The number of rotatable bonds is 3. The maximum absolute atomic E-state index is 11.0. The van der Waals surface area contributed by atoms with E-state index in [2.05, 4.69) is 37.0 Å². The maximum atomic E-state index is 11.0. The second kappa shape index (κ2) is 5.33.